The van der Waals surface area contributed by atoms with Gasteiger partial charge in [0.15, 0.2) is 5.82 Å². The van der Waals surface area contributed by atoms with Gasteiger partial charge >= 0.3 is 0 Å². The van der Waals surface area contributed by atoms with Crippen LogP contribution in [0, 0.1) is 6.92 Å². The fourth-order valence-corrected chi connectivity index (χ4v) is 4.81. The van der Waals surface area contributed by atoms with E-state index in [2.05, 4.69) is 15.1 Å². The molecule has 0 radical (unpaired) electrons. The van der Waals surface area contributed by atoms with Gasteiger partial charge in [-0.25, -0.2) is 8.42 Å². The Balaban J connectivity index is 1.82. The smallest absolute Gasteiger partial charge is 0.246 e. The van der Waals surface area contributed by atoms with Crippen molar-refractivity contribution in [3.63, 3.8) is 0 Å². The number of ether oxygens (including phenoxy) is 1. The van der Waals surface area contributed by atoms with E-state index in [0.29, 0.717) is 38.5 Å². The average molecular weight is 405 g/mol. The van der Waals surface area contributed by atoms with E-state index in [-0.39, 0.29) is 10.8 Å². The van der Waals surface area contributed by atoms with E-state index in [1.807, 2.05) is 45.9 Å². The minimum Gasteiger partial charge on any atom is -0.492 e. The molecular formula is C20H28N4O3S. The highest BCUT2D eigenvalue weighted by atomic mass is 32.2. The predicted molar refractivity (Wildman–Crippen MR) is 109 cm³/mol. The zero-order valence-electron chi connectivity index (χ0n) is 16.9. The number of piperazine rings is 1. The third-order valence-electron chi connectivity index (χ3n) is 4.90. The molecule has 0 spiro atoms. The summed E-state index contributed by atoms with van der Waals surface area (Å²) in [6.45, 7) is 10.2. The summed E-state index contributed by atoms with van der Waals surface area (Å²) in [4.78, 5) is 2.32. The van der Waals surface area contributed by atoms with Crippen molar-refractivity contribution in [2.45, 2.75) is 38.5 Å². The largest absolute Gasteiger partial charge is 0.492 e. The number of aryl methyl sites for hydroxylation is 1. The van der Waals surface area contributed by atoms with Gasteiger partial charge in [-0.2, -0.15) is 9.40 Å². The predicted octanol–water partition coefficient (Wildman–Crippen LogP) is 2.82. The van der Waals surface area contributed by atoms with Gasteiger partial charge in [0.1, 0.15) is 10.6 Å². The minimum absolute atomic E-state index is 0.238. The summed E-state index contributed by atoms with van der Waals surface area (Å²) in [6, 6.07) is 9.29. The van der Waals surface area contributed by atoms with Gasteiger partial charge in [0, 0.05) is 26.2 Å². The zero-order chi connectivity index (χ0) is 20.3. The molecule has 7 nitrogen and oxygen atoms in total. The van der Waals surface area contributed by atoms with E-state index in [9.17, 15) is 8.42 Å². The Morgan fingerprint density at radius 1 is 1.07 bits per heavy atom. The van der Waals surface area contributed by atoms with Gasteiger partial charge in [-0.1, -0.05) is 19.9 Å². The first-order valence-corrected chi connectivity index (χ1v) is 11.1. The second kappa shape index (κ2) is 8.45. The fraction of sp³-hybridized carbons (Fsp3) is 0.500. The number of hydrogen-bond acceptors (Lipinski definition) is 6. The molecular weight excluding hydrogens is 376 g/mol. The highest BCUT2D eigenvalue weighted by Crippen LogP contribution is 2.31. The third kappa shape index (κ3) is 4.28. The van der Waals surface area contributed by atoms with Crippen LogP contribution in [0.1, 0.15) is 37.9 Å². The van der Waals surface area contributed by atoms with Crippen LogP contribution in [0.2, 0.25) is 0 Å². The van der Waals surface area contributed by atoms with Crippen molar-refractivity contribution in [1.29, 1.82) is 0 Å². The van der Waals surface area contributed by atoms with Crippen LogP contribution in [-0.2, 0) is 10.0 Å². The Kier molecular flexibility index (Phi) is 6.20. The highest BCUT2D eigenvalue weighted by molar-refractivity contribution is 7.89. The SMILES string of the molecule is CCOc1ccc(C(C)C)cc1S(=O)(=O)N1CCN(c2ccc(C)nn2)CC1. The van der Waals surface area contributed by atoms with Gasteiger partial charge in [-0.3, -0.25) is 0 Å². The second-order valence-corrected chi connectivity index (χ2v) is 9.12. The molecule has 3 rings (SSSR count). The third-order valence-corrected chi connectivity index (χ3v) is 6.82. The van der Waals surface area contributed by atoms with E-state index >= 15 is 0 Å². The van der Waals surface area contributed by atoms with Gasteiger partial charge in [0.05, 0.1) is 12.3 Å². The maximum absolute atomic E-state index is 13.3. The first-order valence-electron chi connectivity index (χ1n) is 9.65. The van der Waals surface area contributed by atoms with Crippen molar-refractivity contribution in [1.82, 2.24) is 14.5 Å². The molecule has 0 amide bonds. The quantitative estimate of drug-likeness (QED) is 0.737. The highest BCUT2D eigenvalue weighted by Gasteiger charge is 2.31. The molecule has 152 valence electrons. The van der Waals surface area contributed by atoms with Crippen LogP contribution in [0.25, 0.3) is 0 Å². The van der Waals surface area contributed by atoms with Crippen molar-refractivity contribution in [3.8, 4) is 5.75 Å². The van der Waals surface area contributed by atoms with Crippen molar-refractivity contribution in [3.05, 3.63) is 41.6 Å². The fourth-order valence-electron chi connectivity index (χ4n) is 3.22. The van der Waals surface area contributed by atoms with E-state index in [1.54, 1.807) is 12.1 Å². The summed E-state index contributed by atoms with van der Waals surface area (Å²) in [6.07, 6.45) is 0. The van der Waals surface area contributed by atoms with Crippen molar-refractivity contribution in [2.75, 3.05) is 37.7 Å². The Morgan fingerprint density at radius 3 is 2.36 bits per heavy atom. The molecule has 0 atom stereocenters. The van der Waals surface area contributed by atoms with Gasteiger partial charge < -0.3 is 9.64 Å². The number of anilines is 1. The Labute approximate surface area is 167 Å². The lowest BCUT2D eigenvalue weighted by Gasteiger charge is -2.34. The maximum Gasteiger partial charge on any atom is 0.246 e. The maximum atomic E-state index is 13.3. The number of hydrogen-bond donors (Lipinski definition) is 0. The number of nitrogens with zero attached hydrogens (tertiary/aromatic N) is 4. The topological polar surface area (TPSA) is 75.6 Å². The Bertz CT molecular complexity index is 906. The van der Waals surface area contributed by atoms with Gasteiger partial charge in [0.25, 0.3) is 0 Å². The zero-order valence-corrected chi connectivity index (χ0v) is 17.7. The average Bonchev–Trinajstić information content (AvgIpc) is 2.69. The monoisotopic (exact) mass is 404 g/mol. The minimum atomic E-state index is -3.64. The Hall–Kier alpha value is -2.19. The molecule has 0 unspecified atom stereocenters. The van der Waals surface area contributed by atoms with Crippen LogP contribution < -0.4 is 9.64 Å². The molecule has 0 aliphatic carbocycles. The van der Waals surface area contributed by atoms with Crippen LogP contribution in [0.5, 0.6) is 5.75 Å². The van der Waals surface area contributed by atoms with Gasteiger partial charge in [-0.15, -0.1) is 5.10 Å². The molecule has 1 aromatic carbocycles. The lowest BCUT2D eigenvalue weighted by atomic mass is 10.0. The van der Waals surface area contributed by atoms with E-state index in [0.717, 1.165) is 17.1 Å². The van der Waals surface area contributed by atoms with Crippen molar-refractivity contribution in [2.24, 2.45) is 0 Å². The molecule has 1 aromatic heterocycles. The van der Waals surface area contributed by atoms with Crippen LogP contribution >= 0.6 is 0 Å². The molecule has 0 saturated carbocycles. The molecule has 1 fully saturated rings. The van der Waals surface area contributed by atoms with Gasteiger partial charge in [-0.05, 0) is 49.6 Å². The second-order valence-electron chi connectivity index (χ2n) is 7.22. The summed E-state index contributed by atoms with van der Waals surface area (Å²) in [5, 5.41) is 8.29. The standard InChI is InChI=1S/C20H28N4O3S/c1-5-27-18-8-7-17(15(2)3)14-19(18)28(25,26)24-12-10-23(11-13-24)20-9-6-16(4)21-22-20/h6-9,14-15H,5,10-13H2,1-4H3. The molecule has 1 saturated heterocycles. The number of aromatic nitrogens is 2. The number of sulfonamides is 1. The summed E-state index contributed by atoms with van der Waals surface area (Å²) < 4.78 is 33.8. The van der Waals surface area contributed by atoms with Crippen LogP contribution in [0.4, 0.5) is 5.82 Å². The van der Waals surface area contributed by atoms with Crippen LogP contribution in [0.15, 0.2) is 35.2 Å². The molecule has 1 aliphatic rings. The van der Waals surface area contributed by atoms with E-state index in [1.165, 1.54) is 4.31 Å². The lowest BCUT2D eigenvalue weighted by molar-refractivity contribution is 0.327. The molecule has 0 N–H and O–H groups in total. The lowest BCUT2D eigenvalue weighted by Crippen LogP contribution is -2.49. The summed E-state index contributed by atoms with van der Waals surface area (Å²) in [5.41, 5.74) is 1.84. The number of benzene rings is 1. The molecule has 2 heterocycles. The summed E-state index contributed by atoms with van der Waals surface area (Å²) in [7, 11) is -3.64. The number of rotatable bonds is 6. The molecule has 0 bridgehead atoms. The van der Waals surface area contributed by atoms with Crippen molar-refractivity contribution < 1.29 is 13.2 Å². The van der Waals surface area contributed by atoms with E-state index in [4.69, 9.17) is 4.74 Å². The van der Waals surface area contributed by atoms with Gasteiger partial charge in [0.2, 0.25) is 10.0 Å². The first kappa shape index (κ1) is 20.5. The first-order chi connectivity index (χ1) is 13.3. The molecule has 2 aromatic rings. The van der Waals surface area contributed by atoms with E-state index < -0.39 is 10.0 Å². The molecule has 28 heavy (non-hydrogen) atoms. The normalized spacial score (nSPS) is 15.8. The Morgan fingerprint density at radius 2 is 1.79 bits per heavy atom. The molecule has 8 heteroatoms. The van der Waals surface area contributed by atoms with Crippen LogP contribution in [0.3, 0.4) is 0 Å². The van der Waals surface area contributed by atoms with Crippen molar-refractivity contribution >= 4 is 15.8 Å². The summed E-state index contributed by atoms with van der Waals surface area (Å²) >= 11 is 0. The molecule has 1 aliphatic heterocycles. The van der Waals surface area contributed by atoms with Crippen LogP contribution in [-0.4, -0.2) is 55.7 Å². The summed E-state index contributed by atoms with van der Waals surface area (Å²) in [5.74, 6) is 1.43.